The Kier molecular flexibility index (Phi) is 25.0. The van der Waals surface area contributed by atoms with Crippen LogP contribution in [-0.2, 0) is 25.7 Å². The molecule has 0 spiro atoms. The van der Waals surface area contributed by atoms with Crippen LogP contribution < -0.4 is 133 Å². The van der Waals surface area contributed by atoms with Crippen LogP contribution in [0.3, 0.4) is 0 Å². The van der Waals surface area contributed by atoms with Crippen LogP contribution in [0.1, 0.15) is 42.3 Å². The number of nitrogens with zero attached hydrogens (tertiary/aromatic N) is 4. The molecule has 0 bridgehead atoms. The molecule has 2 saturated heterocycles. The minimum atomic E-state index is -0.181. The van der Waals surface area contributed by atoms with Gasteiger partial charge in [0.25, 0.3) is 6.47 Å². The normalized spacial score (nSPS) is 15.5. The fourth-order valence-corrected chi connectivity index (χ4v) is 6.50. The Morgan fingerprint density at radius 2 is 1.27 bits per heavy atom. The van der Waals surface area contributed by atoms with E-state index in [0.717, 1.165) is 92.6 Å². The average molecular weight is 1000 g/mol. The van der Waals surface area contributed by atoms with Crippen LogP contribution >= 0.6 is 47.8 Å². The van der Waals surface area contributed by atoms with Crippen LogP contribution in [0.15, 0.2) is 69.6 Å². The molecule has 4 aromatic rings. The largest absolute Gasteiger partial charge is 1.00 e. The number of halogens is 3. The van der Waals surface area contributed by atoms with Gasteiger partial charge in [-0.1, -0.05) is 34.1 Å². The van der Waals surface area contributed by atoms with E-state index in [1.807, 2.05) is 82.3 Å². The second-order valence-corrected chi connectivity index (χ2v) is 14.8. The van der Waals surface area contributed by atoms with Crippen molar-refractivity contribution in [3.63, 3.8) is 0 Å². The molecule has 2 fully saturated rings. The molecule has 2 atom stereocenters. The van der Waals surface area contributed by atoms with Gasteiger partial charge >= 0.3 is 103 Å². The Hall–Kier alpha value is -0.777. The summed E-state index contributed by atoms with van der Waals surface area (Å²) < 4.78 is 12.4. The van der Waals surface area contributed by atoms with Crippen LogP contribution in [0.25, 0.3) is 0 Å². The van der Waals surface area contributed by atoms with Gasteiger partial charge in [-0.05, 0) is 132 Å². The van der Waals surface area contributed by atoms with Crippen molar-refractivity contribution in [1.29, 1.82) is 0 Å². The van der Waals surface area contributed by atoms with E-state index < -0.39 is 0 Å². The van der Waals surface area contributed by atoms with Crippen molar-refractivity contribution in [2.45, 2.75) is 51.8 Å². The molecule has 55 heavy (non-hydrogen) atoms. The van der Waals surface area contributed by atoms with Gasteiger partial charge in [-0.3, -0.25) is 24.2 Å². The number of alkyl halides is 1. The van der Waals surface area contributed by atoms with Gasteiger partial charge in [-0.25, -0.2) is 9.97 Å². The van der Waals surface area contributed by atoms with Crippen LogP contribution in [0, 0.1) is 33.6 Å². The van der Waals surface area contributed by atoms with E-state index in [1.54, 1.807) is 24.0 Å². The summed E-state index contributed by atoms with van der Waals surface area (Å²) in [7, 11) is 3.32. The van der Waals surface area contributed by atoms with E-state index in [-0.39, 0.29) is 133 Å². The number of carbonyl (C=O) groups is 3. The zero-order valence-electron chi connectivity index (χ0n) is 33.4. The SMILES string of the molecule is COc1cccc(CC2CCN(c3ccc(Br)c(C)n3)C2=O)c1C.COc1cccc(N)c1C.Cc1nc(N2CCC(Br)C2=O)ccc1Br.O=CO[O-].[H-].[K+].[K+]. The number of anilines is 3. The number of ether oxygens (including phenoxy) is 2. The topological polar surface area (TPSA) is 160 Å². The monoisotopic (exact) mass is 997 g/mol. The number of amides is 2. The first-order chi connectivity index (χ1) is 25.3. The molecule has 2 aromatic carbocycles. The fourth-order valence-electron chi connectivity index (χ4n) is 5.61. The van der Waals surface area contributed by atoms with Gasteiger partial charge in [0.05, 0.1) is 30.4 Å². The van der Waals surface area contributed by atoms with Gasteiger partial charge in [-0.15, -0.1) is 0 Å². The number of nitrogen functional groups attached to an aromatic ring is 1. The first-order valence-electron chi connectivity index (χ1n) is 16.5. The predicted octanol–water partition coefficient (Wildman–Crippen LogP) is 0.859. The molecule has 2 N–H and O–H groups in total. The summed E-state index contributed by atoms with van der Waals surface area (Å²) in [6, 6.07) is 19.3. The summed E-state index contributed by atoms with van der Waals surface area (Å²) in [4.78, 5) is 48.2. The smallest absolute Gasteiger partial charge is 1.00 e. The molecule has 0 saturated carbocycles. The Morgan fingerprint density at radius 1 is 0.800 bits per heavy atom. The third kappa shape index (κ3) is 15.1. The van der Waals surface area contributed by atoms with E-state index in [0.29, 0.717) is 0 Å². The molecule has 17 heteroatoms. The maximum absolute atomic E-state index is 12.8. The van der Waals surface area contributed by atoms with Crippen LogP contribution in [-0.4, -0.2) is 60.4 Å². The molecular formula is C38H44Br3K2N5O7. The summed E-state index contributed by atoms with van der Waals surface area (Å²) in [5.74, 6) is 3.46. The van der Waals surface area contributed by atoms with Gasteiger partial charge in [-0.2, -0.15) is 0 Å². The average Bonchev–Trinajstić information content (AvgIpc) is 3.69. The molecule has 2 aliphatic rings. The van der Waals surface area contributed by atoms with E-state index in [2.05, 4.69) is 68.7 Å². The zero-order chi connectivity index (χ0) is 39.2. The molecule has 6 rings (SSSR count). The Bertz CT molecular complexity index is 1900. The van der Waals surface area contributed by atoms with E-state index in [4.69, 9.17) is 25.3 Å². The first kappa shape index (κ1) is 52.2. The van der Waals surface area contributed by atoms with Crippen molar-refractivity contribution in [1.82, 2.24) is 9.97 Å². The van der Waals surface area contributed by atoms with Crippen molar-refractivity contribution in [2.75, 3.05) is 42.8 Å². The van der Waals surface area contributed by atoms with Crippen LogP contribution in [0.2, 0.25) is 0 Å². The van der Waals surface area contributed by atoms with Crippen molar-refractivity contribution < 1.29 is 138 Å². The molecule has 2 aliphatic heterocycles. The molecule has 0 aliphatic carbocycles. The maximum atomic E-state index is 12.8. The maximum Gasteiger partial charge on any atom is 1.00 e. The van der Waals surface area contributed by atoms with Crippen molar-refractivity contribution in [3.05, 3.63) is 97.7 Å². The molecule has 2 unspecified atom stereocenters. The Balaban J connectivity index is 0.000000813. The fraction of sp³-hybridized carbons (Fsp3) is 0.342. The number of carbonyl (C=O) groups excluding carboxylic acids is 3. The van der Waals surface area contributed by atoms with Gasteiger partial charge in [0.2, 0.25) is 11.8 Å². The molecular weight excluding hydrogens is 956 g/mol. The number of hydrogen-bond acceptors (Lipinski definition) is 10. The number of nitrogens with two attached hydrogens (primary N) is 1. The third-order valence-corrected chi connectivity index (χ3v) is 11.2. The summed E-state index contributed by atoms with van der Waals surface area (Å²) >= 11 is 10.2. The summed E-state index contributed by atoms with van der Waals surface area (Å²) in [6.45, 7) is 9.12. The number of aryl methyl sites for hydroxylation is 2. The van der Waals surface area contributed by atoms with Gasteiger partial charge < -0.3 is 26.8 Å². The number of aromatic nitrogens is 2. The van der Waals surface area contributed by atoms with Gasteiger partial charge in [0.15, 0.2) is 0 Å². The standard InChI is InChI=1S/C19H21BrN2O2.C10H10Br2N2O.C8H11NO.CH2O3.2K.H/c1-12-14(5-4-6-17(12)24-3)11-15-9-10-22(19(15)23)18-8-7-16(20)13(2)21-18;1-6-7(11)2-3-9(13-6)14-5-4-8(12)10(14)15;1-6-7(9)4-3-5-8(6)10-2;2-1-4-3;;;/h4-8,15H,9-11H2,1-3H3;2-3,8H,4-5H2,1H3;3-5H,9H2,1-2H3;1,3H;;;/q;;;;2*+1;-1/p-1. The second-order valence-electron chi connectivity index (χ2n) is 12.0. The summed E-state index contributed by atoms with van der Waals surface area (Å²) in [6.07, 6.45) is 2.44. The number of pyridine rings is 2. The number of rotatable bonds is 7. The summed E-state index contributed by atoms with van der Waals surface area (Å²) in [5.41, 5.74) is 11.5. The molecule has 286 valence electrons. The van der Waals surface area contributed by atoms with Gasteiger partial charge in [0.1, 0.15) is 23.1 Å². The molecule has 4 heterocycles. The number of hydrogen-bond donors (Lipinski definition) is 1. The van der Waals surface area contributed by atoms with E-state index in [1.165, 1.54) is 5.56 Å². The zero-order valence-corrected chi connectivity index (χ0v) is 43.4. The van der Waals surface area contributed by atoms with E-state index in [9.17, 15) is 9.59 Å². The van der Waals surface area contributed by atoms with Gasteiger partial charge in [0, 0.05) is 39.2 Å². The van der Waals surface area contributed by atoms with E-state index >= 15 is 0 Å². The van der Waals surface area contributed by atoms with Crippen LogP contribution in [0.4, 0.5) is 17.3 Å². The third-order valence-electron chi connectivity index (χ3n) is 8.69. The number of benzene rings is 2. The van der Waals surface area contributed by atoms with Crippen LogP contribution in [0.5, 0.6) is 11.5 Å². The molecule has 12 nitrogen and oxygen atoms in total. The Labute approximate surface area is 434 Å². The van der Waals surface area contributed by atoms with Crippen molar-refractivity contribution >= 4 is 83.4 Å². The molecule has 2 aromatic heterocycles. The minimum Gasteiger partial charge on any atom is -1.00 e. The second kappa shape index (κ2) is 26.3. The van der Waals surface area contributed by atoms with Crippen molar-refractivity contribution in [2.24, 2.45) is 5.92 Å². The Morgan fingerprint density at radius 3 is 1.71 bits per heavy atom. The number of methoxy groups -OCH3 is 2. The summed E-state index contributed by atoms with van der Waals surface area (Å²) in [5, 5.41) is 8.43. The molecule has 0 radical (unpaired) electrons. The van der Waals surface area contributed by atoms with Crippen molar-refractivity contribution in [3.8, 4) is 11.5 Å². The predicted molar refractivity (Wildman–Crippen MR) is 215 cm³/mol. The minimum absolute atomic E-state index is 0. The quantitative estimate of drug-likeness (QED) is 0.0704. The molecule has 2 amide bonds. The first-order valence-corrected chi connectivity index (χ1v) is 19.0.